The Kier molecular flexibility index (Phi) is 4.57. The first kappa shape index (κ1) is 16.8. The average molecular weight is 362 g/mol. The minimum atomic E-state index is -0.270. The minimum absolute atomic E-state index is 0.119. The highest BCUT2D eigenvalue weighted by Crippen LogP contribution is 2.34. The summed E-state index contributed by atoms with van der Waals surface area (Å²) in [5.41, 5.74) is 2.08. The van der Waals surface area contributed by atoms with Gasteiger partial charge in [-0.15, -0.1) is 10.2 Å². The van der Waals surface area contributed by atoms with Gasteiger partial charge in [0.15, 0.2) is 23.0 Å². The first-order chi connectivity index (χ1) is 13.2. The highest BCUT2D eigenvalue weighted by Gasteiger charge is 2.15. The number of carbonyl (C=O) groups excluding carboxylic acids is 1. The first-order valence-corrected chi connectivity index (χ1v) is 8.55. The molecular weight excluding hydrogens is 344 g/mol. The number of aromatic nitrogens is 2. The molecule has 0 saturated carbocycles. The van der Waals surface area contributed by atoms with Crippen molar-refractivity contribution in [2.45, 2.75) is 13.0 Å². The number of ether oxygens (including phenoxy) is 2. The van der Waals surface area contributed by atoms with E-state index >= 15 is 0 Å². The quantitative estimate of drug-likeness (QED) is 0.723. The maximum absolute atomic E-state index is 12.4. The number of rotatable bonds is 5. The fourth-order valence-corrected chi connectivity index (χ4v) is 2.74. The van der Waals surface area contributed by atoms with Crippen LogP contribution in [-0.2, 0) is 0 Å². The lowest BCUT2D eigenvalue weighted by molar-refractivity contribution is 0.0934. The first-order valence-electron chi connectivity index (χ1n) is 8.55. The van der Waals surface area contributed by atoms with Crippen molar-refractivity contribution in [1.29, 1.82) is 0 Å². The van der Waals surface area contributed by atoms with Crippen molar-refractivity contribution in [3.8, 4) is 11.5 Å². The lowest BCUT2D eigenvalue weighted by Gasteiger charge is -2.13. The van der Waals surface area contributed by atoms with Crippen LogP contribution in [0.15, 0.2) is 60.7 Å². The average Bonchev–Trinajstić information content (AvgIpc) is 3.17. The van der Waals surface area contributed by atoms with Gasteiger partial charge in [-0.2, -0.15) is 0 Å². The van der Waals surface area contributed by atoms with E-state index in [2.05, 4.69) is 20.8 Å². The highest BCUT2D eigenvalue weighted by atomic mass is 16.7. The number of hydrogen-bond acceptors (Lipinski definition) is 6. The molecular formula is C20H18N4O3. The van der Waals surface area contributed by atoms with Crippen molar-refractivity contribution < 1.29 is 14.3 Å². The number of benzene rings is 2. The van der Waals surface area contributed by atoms with Crippen molar-refractivity contribution >= 4 is 17.4 Å². The standard InChI is InChI=1S/C20H18N4O3/c1-13(14-5-3-2-4-6-14)21-20(25)16-8-10-19(24-23-16)22-15-7-9-17-18(11-15)27-12-26-17/h2-11,13H,12H2,1H3,(H,21,25)(H,22,24). The predicted molar refractivity (Wildman–Crippen MR) is 100 cm³/mol. The van der Waals surface area contributed by atoms with Crippen molar-refractivity contribution in [3.63, 3.8) is 0 Å². The molecule has 1 aliphatic heterocycles. The van der Waals surface area contributed by atoms with E-state index in [1.165, 1.54) is 0 Å². The zero-order valence-electron chi connectivity index (χ0n) is 14.7. The van der Waals surface area contributed by atoms with E-state index in [4.69, 9.17) is 9.47 Å². The molecule has 0 radical (unpaired) electrons. The van der Waals surface area contributed by atoms with E-state index in [9.17, 15) is 4.79 Å². The van der Waals surface area contributed by atoms with Crippen LogP contribution < -0.4 is 20.1 Å². The van der Waals surface area contributed by atoms with Crippen molar-refractivity contribution in [2.24, 2.45) is 0 Å². The summed E-state index contributed by atoms with van der Waals surface area (Å²) in [5.74, 6) is 1.65. The zero-order valence-corrected chi connectivity index (χ0v) is 14.7. The van der Waals surface area contributed by atoms with Gasteiger partial charge in [0.1, 0.15) is 0 Å². The molecule has 2 N–H and O–H groups in total. The molecule has 7 heteroatoms. The minimum Gasteiger partial charge on any atom is -0.454 e. The number of anilines is 2. The molecule has 4 rings (SSSR count). The molecule has 0 fully saturated rings. The van der Waals surface area contributed by atoms with Crippen LogP contribution in [0.25, 0.3) is 0 Å². The van der Waals surface area contributed by atoms with Crippen LogP contribution in [0.4, 0.5) is 11.5 Å². The predicted octanol–water partition coefficient (Wildman–Crippen LogP) is 3.44. The highest BCUT2D eigenvalue weighted by molar-refractivity contribution is 5.92. The molecule has 3 aromatic rings. The maximum Gasteiger partial charge on any atom is 0.272 e. The van der Waals surface area contributed by atoms with Gasteiger partial charge in [0.2, 0.25) is 6.79 Å². The molecule has 1 aliphatic rings. The number of nitrogens with one attached hydrogen (secondary N) is 2. The maximum atomic E-state index is 12.4. The van der Waals surface area contributed by atoms with Gasteiger partial charge in [-0.1, -0.05) is 30.3 Å². The number of hydrogen-bond donors (Lipinski definition) is 2. The molecule has 0 saturated heterocycles. The van der Waals surface area contributed by atoms with Crippen LogP contribution in [0.1, 0.15) is 29.0 Å². The van der Waals surface area contributed by atoms with E-state index in [0.29, 0.717) is 17.3 Å². The summed E-state index contributed by atoms with van der Waals surface area (Å²) < 4.78 is 10.6. The Labute approximate surface area is 156 Å². The summed E-state index contributed by atoms with van der Waals surface area (Å²) in [4.78, 5) is 12.4. The molecule has 2 aromatic carbocycles. The smallest absolute Gasteiger partial charge is 0.272 e. The largest absolute Gasteiger partial charge is 0.454 e. The number of carbonyl (C=O) groups is 1. The third-order valence-electron chi connectivity index (χ3n) is 4.19. The van der Waals surface area contributed by atoms with Crippen LogP contribution in [0.5, 0.6) is 11.5 Å². The van der Waals surface area contributed by atoms with E-state index in [1.807, 2.05) is 55.5 Å². The van der Waals surface area contributed by atoms with Crippen molar-refractivity contribution in [2.75, 3.05) is 12.1 Å². The Bertz CT molecular complexity index is 945. The van der Waals surface area contributed by atoms with Crippen LogP contribution in [0, 0.1) is 0 Å². The molecule has 1 unspecified atom stereocenters. The number of amides is 1. The van der Waals surface area contributed by atoms with Crippen molar-refractivity contribution in [1.82, 2.24) is 15.5 Å². The fraction of sp³-hybridized carbons (Fsp3) is 0.150. The lowest BCUT2D eigenvalue weighted by atomic mass is 10.1. The summed E-state index contributed by atoms with van der Waals surface area (Å²) in [6, 6.07) is 18.5. The van der Waals surface area contributed by atoms with Crippen molar-refractivity contribution in [3.05, 3.63) is 71.9 Å². The molecule has 7 nitrogen and oxygen atoms in total. The SMILES string of the molecule is CC(NC(=O)c1ccc(Nc2ccc3c(c2)OCO3)nn1)c1ccccc1. The van der Waals surface area contributed by atoms with Gasteiger partial charge in [0.25, 0.3) is 5.91 Å². The molecule has 0 spiro atoms. The molecule has 2 heterocycles. The Morgan fingerprint density at radius 1 is 1.00 bits per heavy atom. The molecule has 27 heavy (non-hydrogen) atoms. The van der Waals surface area contributed by atoms with Crippen LogP contribution >= 0.6 is 0 Å². The van der Waals surface area contributed by atoms with E-state index < -0.39 is 0 Å². The molecule has 1 atom stereocenters. The second-order valence-electron chi connectivity index (χ2n) is 6.10. The molecule has 0 aliphatic carbocycles. The van der Waals surface area contributed by atoms with Gasteiger partial charge in [0, 0.05) is 11.8 Å². The van der Waals surface area contributed by atoms with Gasteiger partial charge in [-0.05, 0) is 36.8 Å². The monoisotopic (exact) mass is 362 g/mol. The van der Waals surface area contributed by atoms with Gasteiger partial charge >= 0.3 is 0 Å². The summed E-state index contributed by atoms with van der Waals surface area (Å²) in [6.45, 7) is 2.15. The van der Waals surface area contributed by atoms with Gasteiger partial charge in [-0.3, -0.25) is 4.79 Å². The second-order valence-corrected chi connectivity index (χ2v) is 6.10. The fourth-order valence-electron chi connectivity index (χ4n) is 2.74. The summed E-state index contributed by atoms with van der Waals surface area (Å²) in [6.07, 6.45) is 0. The normalized spacial score (nSPS) is 13.1. The third kappa shape index (κ3) is 3.82. The lowest BCUT2D eigenvalue weighted by Crippen LogP contribution is -2.27. The Hall–Kier alpha value is -3.61. The van der Waals surface area contributed by atoms with Gasteiger partial charge in [0.05, 0.1) is 6.04 Å². The number of nitrogens with zero attached hydrogens (tertiary/aromatic N) is 2. The van der Waals surface area contributed by atoms with E-state index in [-0.39, 0.29) is 24.4 Å². The Balaban J connectivity index is 1.40. The molecule has 1 amide bonds. The van der Waals surface area contributed by atoms with Crippen LogP contribution in [-0.4, -0.2) is 22.9 Å². The number of fused-ring (bicyclic) bond motifs is 1. The second kappa shape index (κ2) is 7.33. The van der Waals surface area contributed by atoms with E-state index in [1.54, 1.807) is 12.1 Å². The van der Waals surface area contributed by atoms with Crippen LogP contribution in [0.3, 0.4) is 0 Å². The topological polar surface area (TPSA) is 85.4 Å². The summed E-state index contributed by atoms with van der Waals surface area (Å²) in [5, 5.41) is 14.1. The molecule has 136 valence electrons. The van der Waals surface area contributed by atoms with E-state index in [0.717, 1.165) is 11.3 Å². The molecule has 1 aromatic heterocycles. The van der Waals surface area contributed by atoms with Gasteiger partial charge < -0.3 is 20.1 Å². The van der Waals surface area contributed by atoms with Crippen LogP contribution in [0.2, 0.25) is 0 Å². The Morgan fingerprint density at radius 2 is 1.81 bits per heavy atom. The summed E-state index contributed by atoms with van der Waals surface area (Å²) in [7, 11) is 0. The summed E-state index contributed by atoms with van der Waals surface area (Å²) >= 11 is 0. The van der Waals surface area contributed by atoms with Gasteiger partial charge in [-0.25, -0.2) is 0 Å². The molecule has 0 bridgehead atoms. The Morgan fingerprint density at radius 3 is 2.59 bits per heavy atom. The zero-order chi connectivity index (χ0) is 18.6. The third-order valence-corrected chi connectivity index (χ3v) is 4.19.